The molecule has 2 aliphatic carbocycles. The lowest BCUT2D eigenvalue weighted by molar-refractivity contribution is -0.133. The predicted molar refractivity (Wildman–Crippen MR) is 130 cm³/mol. The van der Waals surface area contributed by atoms with Crippen LogP contribution in [0.4, 0.5) is 0 Å². The fourth-order valence-corrected chi connectivity index (χ4v) is 5.69. The van der Waals surface area contributed by atoms with E-state index in [1.165, 1.54) is 11.1 Å². The van der Waals surface area contributed by atoms with Crippen LogP contribution in [0.1, 0.15) is 69.2 Å². The monoisotopic (exact) mass is 446 g/mol. The van der Waals surface area contributed by atoms with E-state index in [2.05, 4.69) is 39.8 Å². The van der Waals surface area contributed by atoms with Gasteiger partial charge in [0.15, 0.2) is 0 Å². The Morgan fingerprint density at radius 3 is 1.48 bits per heavy atom. The molecule has 0 aliphatic heterocycles. The molecule has 174 valence electrons. The van der Waals surface area contributed by atoms with E-state index in [0.29, 0.717) is 22.6 Å². The van der Waals surface area contributed by atoms with Crippen LogP contribution in [-0.4, -0.2) is 11.9 Å². The van der Waals surface area contributed by atoms with Crippen LogP contribution in [0, 0.1) is 11.8 Å². The van der Waals surface area contributed by atoms with Crippen LogP contribution in [0.3, 0.4) is 0 Å². The van der Waals surface area contributed by atoms with Crippen molar-refractivity contribution in [1.29, 1.82) is 0 Å². The molecule has 2 aliphatic rings. The summed E-state index contributed by atoms with van der Waals surface area (Å²) in [4.78, 5) is 26.8. The molecule has 0 aromatic heterocycles. The minimum absolute atomic E-state index is 0.0807. The fourth-order valence-electron chi connectivity index (χ4n) is 5.69. The first-order valence-corrected chi connectivity index (χ1v) is 12.4. The zero-order valence-corrected chi connectivity index (χ0v) is 20.2. The summed E-state index contributed by atoms with van der Waals surface area (Å²) in [6, 6.07) is 11.7. The topological polar surface area (TPSA) is 52.6 Å². The molecule has 1 saturated carbocycles. The van der Waals surface area contributed by atoms with E-state index in [0.717, 1.165) is 56.1 Å². The Bertz CT molecular complexity index is 1010. The molecule has 4 heteroatoms. The average Bonchev–Trinajstić information content (AvgIpc) is 3.45. The molecule has 2 bridgehead atoms. The summed E-state index contributed by atoms with van der Waals surface area (Å²) in [5.41, 5.74) is 5.56. The molecule has 2 aromatic carbocycles. The van der Waals surface area contributed by atoms with Crippen LogP contribution in [0.15, 0.2) is 47.5 Å². The van der Waals surface area contributed by atoms with Crippen molar-refractivity contribution in [2.24, 2.45) is 11.8 Å². The van der Waals surface area contributed by atoms with E-state index in [1.807, 2.05) is 24.3 Å². The van der Waals surface area contributed by atoms with Crippen LogP contribution >= 0.6 is 0 Å². The van der Waals surface area contributed by atoms with Crippen molar-refractivity contribution in [1.82, 2.24) is 0 Å². The SMILES string of the molecule is CCc1cccc(OC(=O)C2=C(C(=O)Oc3cccc(CC)c3CC)C3CCC2C3)c1CC. The van der Waals surface area contributed by atoms with Gasteiger partial charge in [0.05, 0.1) is 11.1 Å². The minimum atomic E-state index is -0.393. The second-order valence-electron chi connectivity index (χ2n) is 9.02. The molecule has 0 radical (unpaired) electrons. The summed E-state index contributed by atoms with van der Waals surface area (Å²) in [6.45, 7) is 8.35. The first-order chi connectivity index (χ1) is 16.0. The van der Waals surface area contributed by atoms with E-state index in [9.17, 15) is 9.59 Å². The number of fused-ring (bicyclic) bond motifs is 2. The van der Waals surface area contributed by atoms with Gasteiger partial charge < -0.3 is 9.47 Å². The van der Waals surface area contributed by atoms with Crippen molar-refractivity contribution in [3.05, 3.63) is 69.8 Å². The average molecular weight is 447 g/mol. The zero-order valence-electron chi connectivity index (χ0n) is 20.2. The molecule has 4 rings (SSSR count). The van der Waals surface area contributed by atoms with Crippen LogP contribution in [0.2, 0.25) is 0 Å². The third-order valence-corrected chi connectivity index (χ3v) is 7.31. The maximum atomic E-state index is 13.4. The highest BCUT2D eigenvalue weighted by molar-refractivity contribution is 6.04. The summed E-state index contributed by atoms with van der Waals surface area (Å²) < 4.78 is 11.8. The largest absolute Gasteiger partial charge is 0.423 e. The van der Waals surface area contributed by atoms with E-state index in [1.54, 1.807) is 0 Å². The fraction of sp³-hybridized carbons (Fsp3) is 0.448. The van der Waals surface area contributed by atoms with Gasteiger partial charge in [0.1, 0.15) is 11.5 Å². The van der Waals surface area contributed by atoms with Crippen LogP contribution in [-0.2, 0) is 35.3 Å². The molecular weight excluding hydrogens is 412 g/mol. The van der Waals surface area contributed by atoms with Gasteiger partial charge in [0.25, 0.3) is 0 Å². The molecule has 33 heavy (non-hydrogen) atoms. The number of hydrogen-bond acceptors (Lipinski definition) is 4. The highest BCUT2D eigenvalue weighted by Crippen LogP contribution is 2.49. The van der Waals surface area contributed by atoms with Gasteiger partial charge in [0, 0.05) is 0 Å². The lowest BCUT2D eigenvalue weighted by Gasteiger charge is -2.20. The van der Waals surface area contributed by atoms with Crippen molar-refractivity contribution in [3.63, 3.8) is 0 Å². The normalized spacial score (nSPS) is 19.2. The molecule has 0 heterocycles. The summed E-state index contributed by atoms with van der Waals surface area (Å²) in [5.74, 6) is 0.585. The highest BCUT2D eigenvalue weighted by atomic mass is 16.5. The summed E-state index contributed by atoms with van der Waals surface area (Å²) >= 11 is 0. The second-order valence-corrected chi connectivity index (χ2v) is 9.02. The van der Waals surface area contributed by atoms with Crippen molar-refractivity contribution < 1.29 is 19.1 Å². The summed E-state index contributed by atoms with van der Waals surface area (Å²) in [5, 5.41) is 0. The van der Waals surface area contributed by atoms with Crippen LogP contribution in [0.5, 0.6) is 11.5 Å². The van der Waals surface area contributed by atoms with Gasteiger partial charge in [-0.05, 0) is 91.2 Å². The number of benzene rings is 2. The molecule has 4 nitrogen and oxygen atoms in total. The molecule has 1 fully saturated rings. The van der Waals surface area contributed by atoms with E-state index < -0.39 is 11.9 Å². The van der Waals surface area contributed by atoms with Crippen LogP contribution in [0.25, 0.3) is 0 Å². The van der Waals surface area contributed by atoms with Crippen molar-refractivity contribution >= 4 is 11.9 Å². The van der Waals surface area contributed by atoms with Gasteiger partial charge in [0.2, 0.25) is 0 Å². The number of aryl methyl sites for hydroxylation is 2. The Balaban J connectivity index is 1.65. The smallest absolute Gasteiger partial charge is 0.340 e. The van der Waals surface area contributed by atoms with E-state index in [4.69, 9.17) is 9.47 Å². The van der Waals surface area contributed by atoms with Gasteiger partial charge in [-0.25, -0.2) is 9.59 Å². The number of hydrogen-bond donors (Lipinski definition) is 0. The second kappa shape index (κ2) is 9.94. The van der Waals surface area contributed by atoms with Crippen molar-refractivity contribution in [2.75, 3.05) is 0 Å². The Kier molecular flexibility index (Phi) is 7.02. The van der Waals surface area contributed by atoms with Crippen LogP contribution < -0.4 is 9.47 Å². The lowest BCUT2D eigenvalue weighted by atomic mass is 9.91. The molecule has 2 aromatic rings. The number of rotatable bonds is 8. The Morgan fingerprint density at radius 2 is 1.12 bits per heavy atom. The van der Waals surface area contributed by atoms with Gasteiger partial charge in [-0.15, -0.1) is 0 Å². The molecule has 0 amide bonds. The Morgan fingerprint density at radius 1 is 0.697 bits per heavy atom. The quantitative estimate of drug-likeness (QED) is 0.359. The number of carbonyl (C=O) groups is 2. The molecule has 0 N–H and O–H groups in total. The highest BCUT2D eigenvalue weighted by Gasteiger charge is 2.46. The van der Waals surface area contributed by atoms with Gasteiger partial charge in [-0.1, -0.05) is 52.0 Å². The third-order valence-electron chi connectivity index (χ3n) is 7.31. The number of esters is 2. The van der Waals surface area contributed by atoms with Crippen molar-refractivity contribution in [3.8, 4) is 11.5 Å². The van der Waals surface area contributed by atoms with Gasteiger partial charge in [-0.3, -0.25) is 0 Å². The van der Waals surface area contributed by atoms with Crippen molar-refractivity contribution in [2.45, 2.75) is 72.6 Å². The van der Waals surface area contributed by atoms with Gasteiger partial charge in [-0.2, -0.15) is 0 Å². The predicted octanol–water partition coefficient (Wildman–Crippen LogP) is 6.17. The summed E-state index contributed by atoms with van der Waals surface area (Å²) in [7, 11) is 0. The third kappa shape index (κ3) is 4.36. The minimum Gasteiger partial charge on any atom is -0.423 e. The molecule has 2 atom stereocenters. The molecule has 2 unspecified atom stereocenters. The van der Waals surface area contributed by atoms with E-state index in [-0.39, 0.29) is 11.8 Å². The molecular formula is C29H34O4. The molecule has 0 saturated heterocycles. The first kappa shape index (κ1) is 23.3. The lowest BCUT2D eigenvalue weighted by Crippen LogP contribution is -2.24. The maximum absolute atomic E-state index is 13.4. The van der Waals surface area contributed by atoms with E-state index >= 15 is 0 Å². The number of ether oxygens (including phenoxy) is 2. The Hall–Kier alpha value is -2.88. The zero-order chi connectivity index (χ0) is 23.5. The number of carbonyl (C=O) groups excluding carboxylic acids is 2. The standard InChI is InChI=1S/C29H34O4/c1-5-18-11-9-13-24(22(18)7-3)32-28(30)26-20-15-16-21(17-20)27(26)29(31)33-25-14-10-12-19(6-2)23(25)8-4/h9-14,20-21H,5-8,15-17H2,1-4H3. The van der Waals surface area contributed by atoms with Gasteiger partial charge >= 0.3 is 11.9 Å². The summed E-state index contributed by atoms with van der Waals surface area (Å²) in [6.07, 6.45) is 6.03. The first-order valence-electron chi connectivity index (χ1n) is 12.4. The maximum Gasteiger partial charge on any atom is 0.340 e. The Labute approximate surface area is 197 Å². The molecule has 0 spiro atoms.